The third-order valence-electron chi connectivity index (χ3n) is 1.88. The van der Waals surface area contributed by atoms with Gasteiger partial charge in [0.25, 0.3) is 0 Å². The van der Waals surface area contributed by atoms with E-state index < -0.39 is 0 Å². The van der Waals surface area contributed by atoms with Crippen molar-refractivity contribution in [3.8, 4) is 11.1 Å². The summed E-state index contributed by atoms with van der Waals surface area (Å²) < 4.78 is 8.17. The molecular formula is C12H12OP+. The summed E-state index contributed by atoms with van der Waals surface area (Å²) in [6.45, 7) is 0. The van der Waals surface area contributed by atoms with Gasteiger partial charge in [-0.25, -0.2) is 0 Å². The molecule has 0 aliphatic rings. The first-order valence-corrected chi connectivity index (χ1v) is 4.78. The van der Waals surface area contributed by atoms with E-state index in [0.717, 1.165) is 0 Å². The quantitative estimate of drug-likeness (QED) is 0.647. The monoisotopic (exact) mass is 203 g/mol. The molecule has 0 N–H and O–H groups in total. The summed E-state index contributed by atoms with van der Waals surface area (Å²) in [6.07, 6.45) is 0. The standard InChI is InChI=1S/C12H10.H2OP/c1-3-7-11(8-4-1)12-9-5-2-6-10-12;1-2/h1-10H;2H2/q;+1. The van der Waals surface area contributed by atoms with Gasteiger partial charge in [-0.15, -0.1) is 0 Å². The number of hydrogen-bond acceptors (Lipinski definition) is 1. The Balaban J connectivity index is 0.000000461. The summed E-state index contributed by atoms with van der Waals surface area (Å²) in [5.74, 6) is 0. The molecule has 1 nitrogen and oxygen atoms in total. The second-order valence-corrected chi connectivity index (χ2v) is 2.73. The third-order valence-corrected chi connectivity index (χ3v) is 1.88. The van der Waals surface area contributed by atoms with Crippen molar-refractivity contribution >= 4 is 9.12 Å². The molecule has 2 aromatic carbocycles. The Morgan fingerprint density at radius 3 is 1.14 bits per heavy atom. The Kier molecular flexibility index (Phi) is 4.60. The number of benzene rings is 2. The smallest absolute Gasteiger partial charge is 0.0801 e. The summed E-state index contributed by atoms with van der Waals surface area (Å²) in [4.78, 5) is 0. The summed E-state index contributed by atoms with van der Waals surface area (Å²) in [6, 6.07) is 20.8. The van der Waals surface area contributed by atoms with Crippen molar-refractivity contribution in [3.05, 3.63) is 60.7 Å². The first-order valence-electron chi connectivity index (χ1n) is 4.31. The fourth-order valence-corrected chi connectivity index (χ4v) is 1.26. The zero-order chi connectivity index (χ0) is 10.2. The highest BCUT2D eigenvalue weighted by Crippen LogP contribution is 2.17. The molecule has 0 amide bonds. The third kappa shape index (κ3) is 2.79. The predicted molar refractivity (Wildman–Crippen MR) is 62.3 cm³/mol. The topological polar surface area (TPSA) is 17.1 Å². The highest BCUT2D eigenvalue weighted by molar-refractivity contribution is 7.00. The zero-order valence-corrected chi connectivity index (χ0v) is 8.91. The molecule has 0 fully saturated rings. The van der Waals surface area contributed by atoms with Gasteiger partial charge in [0.2, 0.25) is 0 Å². The van der Waals surface area contributed by atoms with Gasteiger partial charge < -0.3 is 0 Å². The lowest BCUT2D eigenvalue weighted by molar-refractivity contribution is 0.607. The van der Waals surface area contributed by atoms with Gasteiger partial charge in [0, 0.05) is 0 Å². The van der Waals surface area contributed by atoms with Gasteiger partial charge in [0.15, 0.2) is 0 Å². The average Bonchev–Trinajstić information content (AvgIpc) is 2.34. The molecule has 0 aliphatic heterocycles. The van der Waals surface area contributed by atoms with Gasteiger partial charge in [-0.3, -0.25) is 0 Å². The molecule has 0 aromatic heterocycles. The van der Waals surface area contributed by atoms with E-state index in [0.29, 0.717) is 0 Å². The van der Waals surface area contributed by atoms with Gasteiger partial charge in [0.1, 0.15) is 0 Å². The predicted octanol–water partition coefficient (Wildman–Crippen LogP) is 3.56. The van der Waals surface area contributed by atoms with Crippen LogP contribution in [0.2, 0.25) is 0 Å². The van der Waals surface area contributed by atoms with Crippen molar-refractivity contribution in [2.45, 2.75) is 0 Å². The fourth-order valence-electron chi connectivity index (χ4n) is 1.26. The van der Waals surface area contributed by atoms with E-state index in [-0.39, 0.29) is 0 Å². The van der Waals surface area contributed by atoms with E-state index in [2.05, 4.69) is 48.5 Å². The van der Waals surface area contributed by atoms with E-state index in [1.54, 1.807) is 0 Å². The molecule has 0 radical (unpaired) electrons. The van der Waals surface area contributed by atoms with E-state index in [9.17, 15) is 0 Å². The van der Waals surface area contributed by atoms with E-state index >= 15 is 0 Å². The van der Waals surface area contributed by atoms with Crippen molar-refractivity contribution in [1.29, 1.82) is 0 Å². The molecule has 14 heavy (non-hydrogen) atoms. The SMILES string of the molecule is O=[PH2+].c1ccc(-c2ccccc2)cc1. The van der Waals surface area contributed by atoms with Crippen molar-refractivity contribution < 1.29 is 4.57 Å². The summed E-state index contributed by atoms with van der Waals surface area (Å²) in [5.41, 5.74) is 2.55. The summed E-state index contributed by atoms with van der Waals surface area (Å²) >= 11 is 0. The Morgan fingerprint density at radius 2 is 0.857 bits per heavy atom. The van der Waals surface area contributed by atoms with Crippen LogP contribution < -0.4 is 0 Å². The molecule has 2 aromatic rings. The maximum atomic E-state index is 8.17. The lowest BCUT2D eigenvalue weighted by atomic mass is 10.1. The minimum atomic E-state index is 1.17. The minimum absolute atomic E-state index is 1.17. The molecule has 1 atom stereocenters. The van der Waals surface area contributed by atoms with E-state index in [4.69, 9.17) is 4.57 Å². The Labute approximate surface area is 86.0 Å². The molecular weight excluding hydrogens is 191 g/mol. The van der Waals surface area contributed by atoms with Crippen LogP contribution in [0.25, 0.3) is 11.1 Å². The first-order chi connectivity index (χ1) is 6.97. The lowest BCUT2D eigenvalue weighted by Gasteiger charge is -1.98. The highest BCUT2D eigenvalue weighted by atomic mass is 31.0. The Hall–Kier alpha value is -1.46. The van der Waals surface area contributed by atoms with Crippen molar-refractivity contribution in [2.24, 2.45) is 0 Å². The molecule has 70 valence electrons. The van der Waals surface area contributed by atoms with Crippen LogP contribution in [0, 0.1) is 0 Å². The minimum Gasteiger partial charge on any atom is -0.0801 e. The Bertz CT molecular complexity index is 321. The van der Waals surface area contributed by atoms with Gasteiger partial charge >= 0.3 is 9.12 Å². The van der Waals surface area contributed by atoms with Gasteiger partial charge in [0.05, 0.1) is 0 Å². The molecule has 2 rings (SSSR count). The van der Waals surface area contributed by atoms with Crippen LogP contribution in [0.4, 0.5) is 0 Å². The lowest BCUT2D eigenvalue weighted by Crippen LogP contribution is -1.73. The van der Waals surface area contributed by atoms with Crippen LogP contribution in [0.15, 0.2) is 60.7 Å². The van der Waals surface area contributed by atoms with E-state index in [1.165, 1.54) is 20.2 Å². The fraction of sp³-hybridized carbons (Fsp3) is 0. The van der Waals surface area contributed by atoms with Gasteiger partial charge in [-0.2, -0.15) is 0 Å². The van der Waals surface area contributed by atoms with Crippen molar-refractivity contribution in [1.82, 2.24) is 0 Å². The van der Waals surface area contributed by atoms with Crippen LogP contribution in [0.1, 0.15) is 0 Å². The molecule has 0 spiro atoms. The highest BCUT2D eigenvalue weighted by Gasteiger charge is 1.91. The molecule has 0 aliphatic carbocycles. The molecule has 2 heteroatoms. The second-order valence-electron chi connectivity index (χ2n) is 2.73. The molecule has 0 bridgehead atoms. The average molecular weight is 203 g/mol. The Morgan fingerprint density at radius 1 is 0.571 bits per heavy atom. The maximum absolute atomic E-state index is 8.17. The van der Waals surface area contributed by atoms with Crippen LogP contribution in [0.3, 0.4) is 0 Å². The molecule has 0 saturated heterocycles. The summed E-state index contributed by atoms with van der Waals surface area (Å²) in [5, 5.41) is 0. The molecule has 0 saturated carbocycles. The zero-order valence-electron chi connectivity index (χ0n) is 7.76. The maximum Gasteiger partial charge on any atom is 0.310 e. The number of rotatable bonds is 1. The van der Waals surface area contributed by atoms with Crippen LogP contribution in [0.5, 0.6) is 0 Å². The second kappa shape index (κ2) is 6.06. The van der Waals surface area contributed by atoms with Crippen LogP contribution in [-0.4, -0.2) is 0 Å². The van der Waals surface area contributed by atoms with Crippen molar-refractivity contribution in [3.63, 3.8) is 0 Å². The van der Waals surface area contributed by atoms with Crippen LogP contribution >= 0.6 is 9.12 Å². The van der Waals surface area contributed by atoms with Gasteiger partial charge in [-0.05, 0) is 11.1 Å². The van der Waals surface area contributed by atoms with Crippen molar-refractivity contribution in [2.75, 3.05) is 0 Å². The largest absolute Gasteiger partial charge is 0.310 e. The molecule has 0 heterocycles. The van der Waals surface area contributed by atoms with E-state index in [1.807, 2.05) is 12.1 Å². The summed E-state index contributed by atoms with van der Waals surface area (Å²) in [7, 11) is 1.17. The first kappa shape index (κ1) is 10.6. The molecule has 1 unspecified atom stereocenters. The number of hydrogen-bond donors (Lipinski definition) is 0. The normalized spacial score (nSPS) is 8.57. The van der Waals surface area contributed by atoms with Crippen LogP contribution in [-0.2, 0) is 4.57 Å². The van der Waals surface area contributed by atoms with Gasteiger partial charge in [-0.1, -0.05) is 65.2 Å².